The molecule has 96 valence electrons. The van der Waals surface area contributed by atoms with Crippen LogP contribution in [0.1, 0.15) is 25.8 Å². The molecule has 0 radical (unpaired) electrons. The van der Waals surface area contributed by atoms with Gasteiger partial charge in [0.2, 0.25) is 0 Å². The third-order valence-corrected chi connectivity index (χ3v) is 2.98. The number of hydrogen-bond acceptors (Lipinski definition) is 2. The summed E-state index contributed by atoms with van der Waals surface area (Å²) < 4.78 is 0. The molecule has 0 aliphatic heterocycles. The summed E-state index contributed by atoms with van der Waals surface area (Å²) in [4.78, 5) is 0. The summed E-state index contributed by atoms with van der Waals surface area (Å²) in [6.45, 7) is 7.47. The molecule has 2 nitrogen and oxygen atoms in total. The Balaban J connectivity index is 2.03. The van der Waals surface area contributed by atoms with Crippen molar-refractivity contribution in [3.8, 4) is 0 Å². The van der Waals surface area contributed by atoms with E-state index in [9.17, 15) is 0 Å². The summed E-state index contributed by atoms with van der Waals surface area (Å²) in [5, 5.41) is 7.71. The van der Waals surface area contributed by atoms with Crippen molar-refractivity contribution in [1.29, 1.82) is 0 Å². The van der Waals surface area contributed by atoms with Crippen LogP contribution in [0.2, 0.25) is 5.02 Å². The van der Waals surface area contributed by atoms with Gasteiger partial charge in [0.15, 0.2) is 0 Å². The second-order valence-corrected chi connectivity index (χ2v) is 4.96. The molecule has 0 unspecified atom stereocenters. The topological polar surface area (TPSA) is 24.1 Å². The molecular formula is C14H23ClN2. The summed E-state index contributed by atoms with van der Waals surface area (Å²) in [6, 6.07) is 8.62. The largest absolute Gasteiger partial charge is 0.316 e. The molecule has 17 heavy (non-hydrogen) atoms. The van der Waals surface area contributed by atoms with Crippen LogP contribution in [0.5, 0.6) is 0 Å². The zero-order valence-corrected chi connectivity index (χ0v) is 11.6. The van der Waals surface area contributed by atoms with Crippen molar-refractivity contribution in [2.24, 2.45) is 0 Å². The van der Waals surface area contributed by atoms with E-state index in [1.54, 1.807) is 0 Å². The van der Waals surface area contributed by atoms with Crippen LogP contribution in [0, 0.1) is 0 Å². The first-order chi connectivity index (χ1) is 8.20. The fraction of sp³-hybridized carbons (Fsp3) is 0.571. The number of benzene rings is 1. The van der Waals surface area contributed by atoms with Crippen molar-refractivity contribution in [3.63, 3.8) is 0 Å². The summed E-state index contributed by atoms with van der Waals surface area (Å²) in [7, 11) is 0. The summed E-state index contributed by atoms with van der Waals surface area (Å²) >= 11 is 6.08. The van der Waals surface area contributed by atoms with E-state index < -0.39 is 0 Å². The molecule has 0 amide bonds. The highest BCUT2D eigenvalue weighted by molar-refractivity contribution is 6.31. The molecule has 0 bridgehead atoms. The van der Waals surface area contributed by atoms with E-state index in [0.29, 0.717) is 6.04 Å². The molecule has 0 saturated heterocycles. The van der Waals surface area contributed by atoms with Gasteiger partial charge in [-0.1, -0.05) is 43.6 Å². The first kappa shape index (κ1) is 14.5. The fourth-order valence-corrected chi connectivity index (χ4v) is 1.88. The van der Waals surface area contributed by atoms with Crippen LogP contribution in [0.3, 0.4) is 0 Å². The molecule has 1 rings (SSSR count). The normalized spacial score (nSPS) is 11.1. The Bertz CT molecular complexity index is 313. The van der Waals surface area contributed by atoms with Crippen molar-refractivity contribution < 1.29 is 0 Å². The van der Waals surface area contributed by atoms with Crippen LogP contribution in [-0.4, -0.2) is 25.7 Å². The average Bonchev–Trinajstić information content (AvgIpc) is 2.30. The Kier molecular flexibility index (Phi) is 7.25. The summed E-state index contributed by atoms with van der Waals surface area (Å²) in [5.74, 6) is 0. The lowest BCUT2D eigenvalue weighted by Crippen LogP contribution is -2.27. The Morgan fingerprint density at radius 1 is 1.12 bits per heavy atom. The first-order valence-corrected chi connectivity index (χ1v) is 6.75. The smallest absolute Gasteiger partial charge is 0.0438 e. The minimum atomic E-state index is 0.582. The van der Waals surface area contributed by atoms with Crippen molar-refractivity contribution in [3.05, 3.63) is 34.9 Å². The molecule has 1 aromatic carbocycles. The van der Waals surface area contributed by atoms with Crippen molar-refractivity contribution >= 4 is 11.6 Å². The van der Waals surface area contributed by atoms with Gasteiger partial charge < -0.3 is 10.6 Å². The van der Waals surface area contributed by atoms with E-state index in [0.717, 1.165) is 31.1 Å². The third-order valence-electron chi connectivity index (χ3n) is 2.61. The van der Waals surface area contributed by atoms with Gasteiger partial charge in [-0.3, -0.25) is 0 Å². The van der Waals surface area contributed by atoms with E-state index in [-0.39, 0.29) is 0 Å². The molecule has 0 aliphatic rings. The van der Waals surface area contributed by atoms with E-state index in [1.165, 1.54) is 12.0 Å². The van der Waals surface area contributed by atoms with E-state index in [1.807, 2.05) is 18.2 Å². The highest BCUT2D eigenvalue weighted by atomic mass is 35.5. The van der Waals surface area contributed by atoms with Crippen molar-refractivity contribution in [2.75, 3.05) is 19.6 Å². The van der Waals surface area contributed by atoms with Gasteiger partial charge in [-0.15, -0.1) is 0 Å². The molecule has 0 saturated carbocycles. The lowest BCUT2D eigenvalue weighted by Gasteiger charge is -2.09. The van der Waals surface area contributed by atoms with Gasteiger partial charge in [-0.2, -0.15) is 0 Å². The number of halogens is 1. The number of rotatable bonds is 8. The average molecular weight is 255 g/mol. The predicted molar refractivity (Wildman–Crippen MR) is 75.8 cm³/mol. The van der Waals surface area contributed by atoms with Gasteiger partial charge in [0, 0.05) is 11.1 Å². The number of nitrogens with one attached hydrogen (secondary N) is 2. The minimum Gasteiger partial charge on any atom is -0.316 e. The highest BCUT2D eigenvalue weighted by Crippen LogP contribution is 2.14. The molecule has 1 aromatic rings. The molecule has 0 heterocycles. The highest BCUT2D eigenvalue weighted by Gasteiger charge is 1.98. The molecule has 0 atom stereocenters. The van der Waals surface area contributed by atoms with Crippen molar-refractivity contribution in [2.45, 2.75) is 32.7 Å². The van der Waals surface area contributed by atoms with Crippen LogP contribution in [0.4, 0.5) is 0 Å². The summed E-state index contributed by atoms with van der Waals surface area (Å²) in [5.41, 5.74) is 1.22. The quantitative estimate of drug-likeness (QED) is 0.697. The second-order valence-electron chi connectivity index (χ2n) is 4.55. The maximum atomic E-state index is 6.08. The number of hydrogen-bond donors (Lipinski definition) is 2. The van der Waals surface area contributed by atoms with Gasteiger partial charge in [-0.05, 0) is 44.1 Å². The summed E-state index contributed by atoms with van der Waals surface area (Å²) in [6.07, 6.45) is 2.16. The van der Waals surface area contributed by atoms with Gasteiger partial charge in [-0.25, -0.2) is 0 Å². The third kappa shape index (κ3) is 6.67. The zero-order valence-electron chi connectivity index (χ0n) is 10.8. The molecule has 2 N–H and O–H groups in total. The van der Waals surface area contributed by atoms with Crippen molar-refractivity contribution in [1.82, 2.24) is 10.6 Å². The lowest BCUT2D eigenvalue weighted by atomic mass is 10.1. The van der Waals surface area contributed by atoms with Crippen LogP contribution >= 0.6 is 11.6 Å². The standard InChI is InChI=1S/C14H23ClN2/c1-12(2)17-10-5-9-16-11-8-13-6-3-4-7-14(13)15/h3-4,6-7,12,16-17H,5,8-11H2,1-2H3. The van der Waals surface area contributed by atoms with Crippen LogP contribution in [0.15, 0.2) is 24.3 Å². The molecule has 0 spiro atoms. The van der Waals surface area contributed by atoms with Gasteiger partial charge >= 0.3 is 0 Å². The Labute approximate surface area is 110 Å². The molecular weight excluding hydrogens is 232 g/mol. The fourth-order valence-electron chi connectivity index (χ4n) is 1.65. The zero-order chi connectivity index (χ0) is 12.5. The van der Waals surface area contributed by atoms with Crippen LogP contribution in [0.25, 0.3) is 0 Å². The molecule has 0 fully saturated rings. The predicted octanol–water partition coefficient (Wildman–Crippen LogP) is 2.86. The van der Waals surface area contributed by atoms with E-state index >= 15 is 0 Å². The minimum absolute atomic E-state index is 0.582. The Hall–Kier alpha value is -0.570. The first-order valence-electron chi connectivity index (χ1n) is 6.37. The maximum Gasteiger partial charge on any atom is 0.0438 e. The monoisotopic (exact) mass is 254 g/mol. The van der Waals surface area contributed by atoms with E-state index in [4.69, 9.17) is 11.6 Å². The SMILES string of the molecule is CC(C)NCCCNCCc1ccccc1Cl. The van der Waals surface area contributed by atoms with Crippen LogP contribution in [-0.2, 0) is 6.42 Å². The molecule has 3 heteroatoms. The van der Waals surface area contributed by atoms with E-state index in [2.05, 4.69) is 30.5 Å². The van der Waals surface area contributed by atoms with Crippen LogP contribution < -0.4 is 10.6 Å². The molecule has 0 aromatic heterocycles. The second kappa shape index (κ2) is 8.51. The van der Waals surface area contributed by atoms with Gasteiger partial charge in [0.1, 0.15) is 0 Å². The van der Waals surface area contributed by atoms with Gasteiger partial charge in [0.05, 0.1) is 0 Å². The van der Waals surface area contributed by atoms with Gasteiger partial charge in [0.25, 0.3) is 0 Å². The molecule has 0 aliphatic carbocycles. The Morgan fingerprint density at radius 2 is 1.88 bits per heavy atom. The lowest BCUT2D eigenvalue weighted by molar-refractivity contribution is 0.548. The Morgan fingerprint density at radius 3 is 2.59 bits per heavy atom. The maximum absolute atomic E-state index is 6.08.